The van der Waals surface area contributed by atoms with Crippen LogP contribution >= 0.6 is 0 Å². The van der Waals surface area contributed by atoms with E-state index in [-0.39, 0.29) is 0 Å². The minimum Gasteiger partial charge on any atom is -0.316 e. The van der Waals surface area contributed by atoms with Gasteiger partial charge in [-0.2, -0.15) is 0 Å². The second kappa shape index (κ2) is 5.68. The average Bonchev–Trinajstić information content (AvgIpc) is 2.64. The summed E-state index contributed by atoms with van der Waals surface area (Å²) in [6, 6.07) is 0.792. The van der Waals surface area contributed by atoms with Gasteiger partial charge in [0.25, 0.3) is 0 Å². The zero-order valence-electron chi connectivity index (χ0n) is 11.8. The number of nitrogens with one attached hydrogen (secondary N) is 1. The number of hydrogen-bond acceptors (Lipinski definition) is 3. The SMILES string of the molecule is CN(CC1CCCN1C)CC1(C)CCCNC1. The van der Waals surface area contributed by atoms with Gasteiger partial charge in [-0.3, -0.25) is 0 Å². The molecule has 0 aromatic carbocycles. The summed E-state index contributed by atoms with van der Waals surface area (Å²) in [5, 5.41) is 3.55. The minimum atomic E-state index is 0.490. The molecular formula is C14H29N3. The van der Waals surface area contributed by atoms with Crippen molar-refractivity contribution in [2.75, 3.05) is 46.8 Å². The first-order chi connectivity index (χ1) is 8.09. The Labute approximate surface area is 107 Å². The Morgan fingerprint density at radius 2 is 2.24 bits per heavy atom. The third-order valence-corrected chi connectivity index (χ3v) is 4.53. The monoisotopic (exact) mass is 239 g/mol. The Morgan fingerprint density at radius 1 is 1.41 bits per heavy atom. The smallest absolute Gasteiger partial charge is 0.0220 e. The van der Waals surface area contributed by atoms with E-state index in [0.29, 0.717) is 5.41 Å². The number of hydrogen-bond donors (Lipinski definition) is 1. The highest BCUT2D eigenvalue weighted by Gasteiger charge is 2.29. The predicted octanol–water partition coefficient (Wildman–Crippen LogP) is 1.40. The molecule has 0 aliphatic carbocycles. The van der Waals surface area contributed by atoms with E-state index in [0.717, 1.165) is 6.04 Å². The Kier molecular flexibility index (Phi) is 4.45. The number of likely N-dealkylation sites (N-methyl/N-ethyl adjacent to an activating group) is 2. The molecule has 2 heterocycles. The van der Waals surface area contributed by atoms with Gasteiger partial charge in [0.1, 0.15) is 0 Å². The molecule has 2 unspecified atom stereocenters. The van der Waals surface area contributed by atoms with E-state index in [9.17, 15) is 0 Å². The van der Waals surface area contributed by atoms with E-state index >= 15 is 0 Å². The number of piperidine rings is 1. The van der Waals surface area contributed by atoms with Crippen LogP contribution in [0.3, 0.4) is 0 Å². The highest BCUT2D eigenvalue weighted by molar-refractivity contribution is 4.86. The molecule has 2 saturated heterocycles. The summed E-state index contributed by atoms with van der Waals surface area (Å²) < 4.78 is 0. The van der Waals surface area contributed by atoms with E-state index in [1.54, 1.807) is 0 Å². The summed E-state index contributed by atoms with van der Waals surface area (Å²) in [6.45, 7) is 8.62. The zero-order chi connectivity index (χ0) is 12.3. The van der Waals surface area contributed by atoms with Gasteiger partial charge in [0.2, 0.25) is 0 Å². The standard InChI is InChI=1S/C14H29N3/c1-14(7-5-8-15-11-14)12-16(2)10-13-6-4-9-17(13)3/h13,15H,4-12H2,1-3H3. The summed E-state index contributed by atoms with van der Waals surface area (Å²) in [6.07, 6.45) is 5.49. The van der Waals surface area contributed by atoms with Crippen LogP contribution in [0, 0.1) is 5.41 Å². The van der Waals surface area contributed by atoms with Gasteiger partial charge in [-0.25, -0.2) is 0 Å². The predicted molar refractivity (Wildman–Crippen MR) is 73.4 cm³/mol. The van der Waals surface area contributed by atoms with Gasteiger partial charge in [0.05, 0.1) is 0 Å². The van der Waals surface area contributed by atoms with Crippen molar-refractivity contribution in [1.82, 2.24) is 15.1 Å². The van der Waals surface area contributed by atoms with Crippen molar-refractivity contribution in [3.63, 3.8) is 0 Å². The van der Waals surface area contributed by atoms with Crippen LogP contribution in [0.4, 0.5) is 0 Å². The second-order valence-electron chi connectivity index (χ2n) is 6.56. The van der Waals surface area contributed by atoms with Crippen molar-refractivity contribution >= 4 is 0 Å². The molecule has 1 N–H and O–H groups in total. The van der Waals surface area contributed by atoms with Gasteiger partial charge >= 0.3 is 0 Å². The van der Waals surface area contributed by atoms with Crippen molar-refractivity contribution in [3.8, 4) is 0 Å². The van der Waals surface area contributed by atoms with Crippen LogP contribution in [0.5, 0.6) is 0 Å². The van der Waals surface area contributed by atoms with Gasteiger partial charge in [0.15, 0.2) is 0 Å². The normalized spacial score (nSPS) is 35.6. The molecule has 2 aliphatic rings. The molecule has 3 heteroatoms. The van der Waals surface area contributed by atoms with Crippen molar-refractivity contribution in [2.45, 2.75) is 38.6 Å². The quantitative estimate of drug-likeness (QED) is 0.800. The van der Waals surface area contributed by atoms with Crippen LogP contribution in [0.1, 0.15) is 32.6 Å². The minimum absolute atomic E-state index is 0.490. The lowest BCUT2D eigenvalue weighted by Crippen LogP contribution is -2.47. The van der Waals surface area contributed by atoms with Crippen LogP contribution in [0.2, 0.25) is 0 Å². The average molecular weight is 239 g/mol. The number of likely N-dealkylation sites (tertiary alicyclic amines) is 1. The Morgan fingerprint density at radius 3 is 2.82 bits per heavy atom. The van der Waals surface area contributed by atoms with Gasteiger partial charge in [-0.15, -0.1) is 0 Å². The molecule has 0 bridgehead atoms. The molecule has 0 radical (unpaired) electrons. The molecule has 2 rings (SSSR count). The fraction of sp³-hybridized carbons (Fsp3) is 1.00. The molecule has 2 atom stereocenters. The maximum Gasteiger partial charge on any atom is 0.0220 e. The summed E-state index contributed by atoms with van der Waals surface area (Å²) in [4.78, 5) is 5.08. The molecular weight excluding hydrogens is 210 g/mol. The van der Waals surface area contributed by atoms with Crippen LogP contribution < -0.4 is 5.32 Å². The van der Waals surface area contributed by atoms with E-state index < -0.39 is 0 Å². The Bertz CT molecular complexity index is 236. The molecule has 0 saturated carbocycles. The molecule has 2 fully saturated rings. The maximum atomic E-state index is 3.55. The third-order valence-electron chi connectivity index (χ3n) is 4.53. The van der Waals surface area contributed by atoms with E-state index in [1.165, 1.54) is 58.4 Å². The molecule has 0 amide bonds. The molecule has 17 heavy (non-hydrogen) atoms. The summed E-state index contributed by atoms with van der Waals surface area (Å²) in [5.74, 6) is 0. The topological polar surface area (TPSA) is 18.5 Å². The molecule has 2 aliphatic heterocycles. The molecule has 0 spiro atoms. The van der Waals surface area contributed by atoms with Crippen LogP contribution in [0.25, 0.3) is 0 Å². The maximum absolute atomic E-state index is 3.55. The largest absolute Gasteiger partial charge is 0.316 e. The van der Waals surface area contributed by atoms with Crippen molar-refractivity contribution in [3.05, 3.63) is 0 Å². The highest BCUT2D eigenvalue weighted by Crippen LogP contribution is 2.26. The molecule has 100 valence electrons. The van der Waals surface area contributed by atoms with Crippen molar-refractivity contribution in [1.29, 1.82) is 0 Å². The molecule has 0 aromatic rings. The highest BCUT2D eigenvalue weighted by atomic mass is 15.2. The number of nitrogens with zero attached hydrogens (tertiary/aromatic N) is 2. The third kappa shape index (κ3) is 3.67. The van der Waals surface area contributed by atoms with Crippen LogP contribution in [-0.4, -0.2) is 62.7 Å². The first-order valence-corrected chi connectivity index (χ1v) is 7.19. The fourth-order valence-electron chi connectivity index (χ4n) is 3.54. The van der Waals surface area contributed by atoms with E-state index in [2.05, 4.69) is 36.1 Å². The summed E-state index contributed by atoms with van der Waals surface area (Å²) in [7, 11) is 4.57. The zero-order valence-corrected chi connectivity index (χ0v) is 11.8. The first-order valence-electron chi connectivity index (χ1n) is 7.19. The number of rotatable bonds is 4. The lowest BCUT2D eigenvalue weighted by atomic mass is 9.82. The van der Waals surface area contributed by atoms with Gasteiger partial charge in [-0.1, -0.05) is 6.92 Å². The van der Waals surface area contributed by atoms with Crippen LogP contribution in [0.15, 0.2) is 0 Å². The van der Waals surface area contributed by atoms with Crippen molar-refractivity contribution in [2.24, 2.45) is 5.41 Å². The molecule has 0 aromatic heterocycles. The van der Waals surface area contributed by atoms with Gasteiger partial charge < -0.3 is 15.1 Å². The van der Waals surface area contributed by atoms with E-state index in [1.807, 2.05) is 0 Å². The lowest BCUT2D eigenvalue weighted by Gasteiger charge is -2.38. The second-order valence-corrected chi connectivity index (χ2v) is 6.56. The molecule has 3 nitrogen and oxygen atoms in total. The van der Waals surface area contributed by atoms with Gasteiger partial charge in [-0.05, 0) is 58.3 Å². The Balaban J connectivity index is 1.77. The fourth-order valence-corrected chi connectivity index (χ4v) is 3.54. The lowest BCUT2D eigenvalue weighted by molar-refractivity contribution is 0.130. The summed E-state index contributed by atoms with van der Waals surface area (Å²) >= 11 is 0. The first kappa shape index (κ1) is 13.3. The van der Waals surface area contributed by atoms with E-state index in [4.69, 9.17) is 0 Å². The Hall–Kier alpha value is -0.120. The van der Waals surface area contributed by atoms with Crippen LogP contribution in [-0.2, 0) is 0 Å². The summed E-state index contributed by atoms with van der Waals surface area (Å²) in [5.41, 5.74) is 0.490. The van der Waals surface area contributed by atoms with Crippen molar-refractivity contribution < 1.29 is 0 Å². The van der Waals surface area contributed by atoms with Gasteiger partial charge in [0, 0.05) is 25.7 Å².